The van der Waals surface area contributed by atoms with E-state index in [1.807, 2.05) is 18.2 Å². The minimum Gasteiger partial charge on any atom is -0.480 e. The van der Waals surface area contributed by atoms with Crippen LogP contribution < -0.4 is 15.9 Å². The van der Waals surface area contributed by atoms with Gasteiger partial charge < -0.3 is 19.7 Å². The summed E-state index contributed by atoms with van der Waals surface area (Å²) in [4.78, 5) is 23.0. The van der Waals surface area contributed by atoms with Crippen molar-refractivity contribution in [1.82, 2.24) is 9.88 Å². The first kappa shape index (κ1) is 27.8. The third-order valence-electron chi connectivity index (χ3n) is 9.24. The first-order valence-corrected chi connectivity index (χ1v) is 15.8. The molecule has 2 aromatic carbocycles. The molecule has 1 amide bonds. The molecule has 0 radical (unpaired) electrons. The average molecular weight is 603 g/mol. The Morgan fingerprint density at radius 1 is 1.16 bits per heavy atom. The number of ether oxygens (including phenoxy) is 1. The molecule has 3 N–H and O–H groups in total. The lowest BCUT2D eigenvalue weighted by molar-refractivity contribution is -0.445. The summed E-state index contributed by atoms with van der Waals surface area (Å²) in [5.41, 5.74) is 6.26. The van der Waals surface area contributed by atoms with E-state index in [0.717, 1.165) is 81.1 Å². The Morgan fingerprint density at radius 2 is 1.95 bits per heavy atom. The number of carbonyl (C=O) groups excluding carboxylic acids is 1. The summed E-state index contributed by atoms with van der Waals surface area (Å²) in [6.45, 7) is 9.70. The third kappa shape index (κ3) is 4.29. The molecule has 4 aliphatic rings. The van der Waals surface area contributed by atoms with Gasteiger partial charge in [0.25, 0.3) is 10.1 Å². The second-order valence-corrected chi connectivity index (χ2v) is 13.6. The van der Waals surface area contributed by atoms with Crippen molar-refractivity contribution in [2.75, 3.05) is 13.1 Å². The van der Waals surface area contributed by atoms with E-state index >= 15 is 0 Å². The molecule has 5 heterocycles. The molecule has 3 aromatic rings. The fraction of sp³-hybridized carbons (Fsp3) is 0.344. The highest BCUT2D eigenvalue weighted by atomic mass is 32.2. The fourth-order valence-electron chi connectivity index (χ4n) is 7.39. The van der Waals surface area contributed by atoms with Crippen molar-refractivity contribution in [3.8, 4) is 0 Å². The van der Waals surface area contributed by atoms with Gasteiger partial charge in [-0.25, -0.2) is 0 Å². The van der Waals surface area contributed by atoms with Gasteiger partial charge in [-0.15, -0.1) is 0 Å². The molecule has 0 fully saturated rings. The Kier molecular flexibility index (Phi) is 6.11. The molecule has 11 heteroatoms. The number of fused-ring (bicyclic) bond motifs is 8. The molecule has 1 aromatic heterocycles. The van der Waals surface area contributed by atoms with Crippen molar-refractivity contribution in [3.05, 3.63) is 69.7 Å². The number of carboxylic acid groups (broad SMARTS) is 1. The molecule has 0 saturated carbocycles. The van der Waals surface area contributed by atoms with Crippen molar-refractivity contribution in [3.63, 3.8) is 0 Å². The molecule has 10 nitrogen and oxygen atoms in total. The van der Waals surface area contributed by atoms with E-state index in [4.69, 9.17) is 9.84 Å². The minimum absolute atomic E-state index is 0.0697. The van der Waals surface area contributed by atoms with Gasteiger partial charge in [0.15, 0.2) is 12.3 Å². The van der Waals surface area contributed by atoms with Gasteiger partial charge in [-0.05, 0) is 56.2 Å². The molecule has 0 spiro atoms. The number of nitrogens with one attached hydrogen (secondary N) is 1. The molecule has 0 aliphatic carbocycles. The van der Waals surface area contributed by atoms with Crippen LogP contribution in [0.2, 0.25) is 0 Å². The van der Waals surface area contributed by atoms with E-state index in [2.05, 4.69) is 41.0 Å². The average Bonchev–Trinajstić information content (AvgIpc) is 3.37. The van der Waals surface area contributed by atoms with Gasteiger partial charge in [-0.3, -0.25) is 14.1 Å². The van der Waals surface area contributed by atoms with E-state index in [1.54, 1.807) is 12.1 Å². The highest BCUT2D eigenvalue weighted by molar-refractivity contribution is 7.85. The molecule has 2 unspecified atom stereocenters. The maximum Gasteiger partial charge on any atom is 0.322 e. The standard InChI is InChI=1S/C32H31N3O7S/c1-17-20-12-18(13-28(36)33-16-29(37)38)4-6-24(20)34-10-8-26-21(30(17)34)15-22-27(42-26)9-11-35-25-7-5-19(43(39,40)41)14-23(25)32(2,3)31(22)35/h4-7,12,14-15,26-27H,1,8-11,13,16H2,2-3H3,(H2-,33,36,37,38,39,40,41)/p+1. The predicted octanol–water partition coefficient (Wildman–Crippen LogP) is 1.77. The maximum absolute atomic E-state index is 12.3. The van der Waals surface area contributed by atoms with Gasteiger partial charge in [0.1, 0.15) is 6.54 Å². The fourth-order valence-corrected chi connectivity index (χ4v) is 7.90. The van der Waals surface area contributed by atoms with Gasteiger partial charge in [0, 0.05) is 51.9 Å². The number of benzene rings is 2. The normalized spacial score (nSPS) is 21.8. The SMILES string of the molecule is C=c1c2n(c3ccc(CC(=O)NCC(=O)O)cc13)CCC1OC3CC[N+]4=C(C3=CC=21)C(C)(C)c1cc(S(=O)(=O)O)ccc14. The van der Waals surface area contributed by atoms with Gasteiger partial charge >= 0.3 is 5.97 Å². The van der Waals surface area contributed by atoms with Crippen molar-refractivity contribution in [2.45, 2.75) is 62.2 Å². The monoisotopic (exact) mass is 602 g/mol. The topological polar surface area (TPSA) is 138 Å². The summed E-state index contributed by atoms with van der Waals surface area (Å²) in [7, 11) is -4.34. The highest BCUT2D eigenvalue weighted by Crippen LogP contribution is 2.47. The zero-order chi connectivity index (χ0) is 30.4. The van der Waals surface area contributed by atoms with Gasteiger partial charge in [0.2, 0.25) is 11.6 Å². The number of carbonyl (C=O) groups is 2. The molecule has 43 heavy (non-hydrogen) atoms. The van der Waals surface area contributed by atoms with Crippen LogP contribution in [0, 0.1) is 0 Å². The Hall–Kier alpha value is -4.06. The largest absolute Gasteiger partial charge is 0.480 e. The van der Waals surface area contributed by atoms with Crippen molar-refractivity contribution < 1.29 is 37.0 Å². The van der Waals surface area contributed by atoms with E-state index < -0.39 is 28.0 Å². The molecule has 2 atom stereocenters. The van der Waals surface area contributed by atoms with Crippen LogP contribution in [0.1, 0.15) is 37.8 Å². The molecule has 0 saturated heterocycles. The van der Waals surface area contributed by atoms with Crippen LogP contribution in [-0.2, 0) is 42.8 Å². The number of aliphatic carboxylic acids is 1. The maximum atomic E-state index is 12.3. The number of carboxylic acids is 1. The Bertz CT molecular complexity index is 2070. The molecular weight excluding hydrogens is 570 g/mol. The smallest absolute Gasteiger partial charge is 0.322 e. The highest BCUT2D eigenvalue weighted by Gasteiger charge is 2.53. The van der Waals surface area contributed by atoms with Gasteiger partial charge in [0.05, 0.1) is 34.3 Å². The van der Waals surface area contributed by atoms with Gasteiger partial charge in [-0.1, -0.05) is 12.6 Å². The zero-order valence-corrected chi connectivity index (χ0v) is 24.7. The zero-order valence-electron chi connectivity index (χ0n) is 23.9. The second kappa shape index (κ2) is 9.47. The van der Waals surface area contributed by atoms with Crippen LogP contribution in [-0.4, -0.2) is 70.1 Å². The number of rotatable bonds is 5. The van der Waals surface area contributed by atoms with Crippen LogP contribution >= 0.6 is 0 Å². The summed E-state index contributed by atoms with van der Waals surface area (Å²) in [5, 5.41) is 14.1. The van der Waals surface area contributed by atoms with E-state index in [9.17, 15) is 22.6 Å². The number of nitrogens with zero attached hydrogens (tertiary/aromatic N) is 2. The van der Waals surface area contributed by atoms with Crippen molar-refractivity contribution >= 4 is 56.4 Å². The predicted molar refractivity (Wildman–Crippen MR) is 160 cm³/mol. The molecule has 0 bridgehead atoms. The molecule has 7 rings (SSSR count). The first-order chi connectivity index (χ1) is 20.3. The van der Waals surface area contributed by atoms with Crippen LogP contribution in [0.5, 0.6) is 0 Å². The van der Waals surface area contributed by atoms with Crippen LogP contribution in [0.25, 0.3) is 23.1 Å². The van der Waals surface area contributed by atoms with Crippen molar-refractivity contribution in [1.29, 1.82) is 0 Å². The number of hydrogen-bond donors (Lipinski definition) is 3. The minimum atomic E-state index is -4.34. The summed E-state index contributed by atoms with van der Waals surface area (Å²) in [5.74, 6) is -1.45. The Labute approximate surface area is 248 Å². The van der Waals surface area contributed by atoms with E-state index in [-0.39, 0.29) is 29.4 Å². The third-order valence-corrected chi connectivity index (χ3v) is 10.1. The lowest BCUT2D eigenvalue weighted by Gasteiger charge is -2.37. The summed E-state index contributed by atoms with van der Waals surface area (Å²) < 4.78 is 44.9. The van der Waals surface area contributed by atoms with E-state index in [0.29, 0.717) is 0 Å². The number of amides is 1. The number of aromatic nitrogens is 1. The molecular formula is C32H32N3O7S+. The van der Waals surface area contributed by atoms with Crippen molar-refractivity contribution in [2.24, 2.45) is 0 Å². The Balaban J connectivity index is 1.35. The number of hydrogen-bond acceptors (Lipinski definition) is 5. The van der Waals surface area contributed by atoms with Crippen LogP contribution in [0.3, 0.4) is 0 Å². The number of aryl methyl sites for hydroxylation is 1. The van der Waals surface area contributed by atoms with E-state index in [1.165, 1.54) is 6.07 Å². The first-order valence-electron chi connectivity index (χ1n) is 14.3. The van der Waals surface area contributed by atoms with Crippen LogP contribution in [0.4, 0.5) is 5.69 Å². The summed E-state index contributed by atoms with van der Waals surface area (Å²) in [6, 6.07) is 10.7. The summed E-state index contributed by atoms with van der Waals surface area (Å²) >= 11 is 0. The van der Waals surface area contributed by atoms with Crippen LogP contribution in [0.15, 0.2) is 52.9 Å². The lowest BCUT2D eigenvalue weighted by Crippen LogP contribution is -2.48. The quantitative estimate of drug-likeness (QED) is 0.299. The Morgan fingerprint density at radius 3 is 2.70 bits per heavy atom. The second-order valence-electron chi connectivity index (χ2n) is 12.2. The summed E-state index contributed by atoms with van der Waals surface area (Å²) in [6.07, 6.45) is 3.75. The molecule has 222 valence electrons. The molecule has 4 aliphatic heterocycles. The lowest BCUT2D eigenvalue weighted by atomic mass is 9.75. The van der Waals surface area contributed by atoms with Gasteiger partial charge in [-0.2, -0.15) is 13.0 Å².